The normalized spacial score (nSPS) is 15.4. The molecule has 0 radical (unpaired) electrons. The number of hydrogen-bond acceptors (Lipinski definition) is 2. The second-order valence-corrected chi connectivity index (χ2v) is 3.09. The van der Waals surface area contributed by atoms with E-state index in [0.29, 0.717) is 0 Å². The van der Waals surface area contributed by atoms with Crippen molar-refractivity contribution in [2.24, 2.45) is 5.73 Å². The van der Waals surface area contributed by atoms with Gasteiger partial charge >= 0.3 is 0 Å². The zero-order valence-corrected chi connectivity index (χ0v) is 7.09. The number of nitrogens with two attached hydrogens (primary N) is 1. The quantitative estimate of drug-likeness (QED) is 0.607. The van der Waals surface area contributed by atoms with Gasteiger partial charge in [-0.25, -0.2) is 0 Å². The van der Waals surface area contributed by atoms with Gasteiger partial charge in [-0.2, -0.15) is 0 Å². The third-order valence-corrected chi connectivity index (χ3v) is 2.22. The smallest absolute Gasteiger partial charge is 0.0437 e. The first kappa shape index (κ1) is 7.22. The lowest BCUT2D eigenvalue weighted by Gasteiger charge is -2.20. The summed E-state index contributed by atoms with van der Waals surface area (Å²) in [6.45, 7) is 2.92. The number of para-hydroxylation sites is 1. The van der Waals surface area contributed by atoms with Crippen LogP contribution in [0.5, 0.6) is 0 Å². The molecule has 1 aliphatic rings. The van der Waals surface area contributed by atoms with E-state index in [0.717, 1.165) is 23.5 Å². The van der Waals surface area contributed by atoms with Gasteiger partial charge in [-0.3, -0.25) is 0 Å². The molecule has 1 aromatic carbocycles. The maximum absolute atomic E-state index is 5.93. The highest BCUT2D eigenvalue weighted by Gasteiger charge is 2.11. The molecule has 0 spiro atoms. The molecule has 2 heteroatoms. The average molecular weight is 160 g/mol. The Bertz CT molecular complexity index is 339. The van der Waals surface area contributed by atoms with E-state index in [1.54, 1.807) is 0 Å². The highest BCUT2D eigenvalue weighted by molar-refractivity contribution is 5.79. The van der Waals surface area contributed by atoms with Crippen LogP contribution >= 0.6 is 0 Å². The summed E-state index contributed by atoms with van der Waals surface area (Å²) in [6.07, 6.45) is 0. The second kappa shape index (κ2) is 2.55. The Morgan fingerprint density at radius 2 is 2.08 bits per heavy atom. The zero-order valence-electron chi connectivity index (χ0n) is 7.09. The zero-order chi connectivity index (χ0) is 8.55. The molecule has 0 amide bonds. The summed E-state index contributed by atoms with van der Waals surface area (Å²) in [4.78, 5) is 0. The van der Waals surface area contributed by atoms with Crippen LogP contribution in [0.2, 0.25) is 0 Å². The van der Waals surface area contributed by atoms with E-state index >= 15 is 0 Å². The van der Waals surface area contributed by atoms with Gasteiger partial charge in [0.25, 0.3) is 0 Å². The van der Waals surface area contributed by atoms with Crippen molar-refractivity contribution in [1.29, 1.82) is 0 Å². The van der Waals surface area contributed by atoms with Gasteiger partial charge in [0.1, 0.15) is 0 Å². The van der Waals surface area contributed by atoms with E-state index in [2.05, 4.69) is 18.3 Å². The predicted molar refractivity (Wildman–Crippen MR) is 51.7 cm³/mol. The summed E-state index contributed by atoms with van der Waals surface area (Å²) >= 11 is 0. The molecule has 62 valence electrons. The summed E-state index contributed by atoms with van der Waals surface area (Å²) in [5, 5.41) is 3.30. The Labute approximate surface area is 72.1 Å². The van der Waals surface area contributed by atoms with E-state index in [1.165, 1.54) is 5.57 Å². The second-order valence-electron chi connectivity index (χ2n) is 3.09. The number of benzene rings is 1. The molecular weight excluding hydrogens is 148 g/mol. The van der Waals surface area contributed by atoms with Crippen molar-refractivity contribution in [2.75, 3.05) is 11.9 Å². The molecule has 12 heavy (non-hydrogen) atoms. The average Bonchev–Trinajstić information content (AvgIpc) is 2.12. The Morgan fingerprint density at radius 1 is 1.33 bits per heavy atom. The van der Waals surface area contributed by atoms with Crippen molar-refractivity contribution >= 4 is 11.4 Å². The van der Waals surface area contributed by atoms with Crippen molar-refractivity contribution < 1.29 is 0 Å². The van der Waals surface area contributed by atoms with Crippen LogP contribution in [0.3, 0.4) is 0 Å². The fourth-order valence-electron chi connectivity index (χ4n) is 1.43. The van der Waals surface area contributed by atoms with E-state index in [-0.39, 0.29) is 0 Å². The molecule has 1 heterocycles. The third-order valence-electron chi connectivity index (χ3n) is 2.22. The molecule has 2 nitrogen and oxygen atoms in total. The van der Waals surface area contributed by atoms with E-state index in [1.807, 2.05) is 18.2 Å². The standard InChI is InChI=1S/C10H12N2/c1-7-6-12-9-5-3-2-4-8(9)10(7)11/h2-5,12H,6,11H2,1H3. The monoisotopic (exact) mass is 160 g/mol. The molecule has 0 fully saturated rings. The summed E-state index contributed by atoms with van der Waals surface area (Å²) < 4.78 is 0. The third kappa shape index (κ3) is 0.961. The van der Waals surface area contributed by atoms with Gasteiger partial charge < -0.3 is 11.1 Å². The van der Waals surface area contributed by atoms with Crippen LogP contribution in [0.4, 0.5) is 5.69 Å². The van der Waals surface area contributed by atoms with Crippen LogP contribution in [0.25, 0.3) is 5.70 Å². The molecule has 0 atom stereocenters. The first-order valence-corrected chi connectivity index (χ1v) is 4.07. The summed E-state index contributed by atoms with van der Waals surface area (Å²) in [5.41, 5.74) is 10.3. The van der Waals surface area contributed by atoms with Gasteiger partial charge in [-0.1, -0.05) is 18.2 Å². The Morgan fingerprint density at radius 3 is 2.92 bits per heavy atom. The minimum absolute atomic E-state index is 0.864. The van der Waals surface area contributed by atoms with Gasteiger partial charge in [0.15, 0.2) is 0 Å². The SMILES string of the molecule is CC1=C(N)c2ccccc2NC1. The molecule has 0 aliphatic carbocycles. The topological polar surface area (TPSA) is 38.0 Å². The number of hydrogen-bond donors (Lipinski definition) is 2. The number of rotatable bonds is 0. The molecule has 0 unspecified atom stereocenters. The maximum Gasteiger partial charge on any atom is 0.0437 e. The van der Waals surface area contributed by atoms with Crippen LogP contribution in [0.15, 0.2) is 29.8 Å². The highest BCUT2D eigenvalue weighted by Crippen LogP contribution is 2.26. The van der Waals surface area contributed by atoms with Gasteiger partial charge in [0, 0.05) is 23.5 Å². The van der Waals surface area contributed by atoms with Crippen LogP contribution in [0.1, 0.15) is 12.5 Å². The molecule has 3 N–H and O–H groups in total. The number of anilines is 1. The van der Waals surface area contributed by atoms with Crippen LogP contribution in [0, 0.1) is 0 Å². The van der Waals surface area contributed by atoms with Crippen LogP contribution < -0.4 is 11.1 Å². The summed E-state index contributed by atoms with van der Waals surface area (Å²) in [6, 6.07) is 8.11. The maximum atomic E-state index is 5.93. The molecule has 0 saturated carbocycles. The van der Waals surface area contributed by atoms with Crippen molar-refractivity contribution in [3.8, 4) is 0 Å². The van der Waals surface area contributed by atoms with Crippen LogP contribution in [-0.4, -0.2) is 6.54 Å². The number of fused-ring (bicyclic) bond motifs is 1. The molecule has 0 bridgehead atoms. The number of nitrogens with one attached hydrogen (secondary N) is 1. The molecular formula is C10H12N2. The van der Waals surface area contributed by atoms with Crippen molar-refractivity contribution in [3.05, 3.63) is 35.4 Å². The Kier molecular flexibility index (Phi) is 1.54. The lowest BCUT2D eigenvalue weighted by Crippen LogP contribution is -2.16. The fraction of sp³-hybridized carbons (Fsp3) is 0.200. The van der Waals surface area contributed by atoms with Gasteiger partial charge in [-0.05, 0) is 18.6 Å². The Hall–Kier alpha value is -1.44. The molecule has 1 aliphatic heterocycles. The predicted octanol–water partition coefficient (Wildman–Crippen LogP) is 1.80. The summed E-state index contributed by atoms with van der Waals surface area (Å²) in [7, 11) is 0. The Balaban J connectivity index is 2.59. The van der Waals surface area contributed by atoms with Crippen molar-refractivity contribution in [3.63, 3.8) is 0 Å². The minimum Gasteiger partial charge on any atom is -0.398 e. The highest BCUT2D eigenvalue weighted by atomic mass is 14.9. The van der Waals surface area contributed by atoms with Crippen molar-refractivity contribution in [1.82, 2.24) is 0 Å². The molecule has 0 saturated heterocycles. The van der Waals surface area contributed by atoms with Crippen LogP contribution in [-0.2, 0) is 0 Å². The molecule has 2 rings (SSSR count). The fourth-order valence-corrected chi connectivity index (χ4v) is 1.43. The van der Waals surface area contributed by atoms with Gasteiger partial charge in [0.05, 0.1) is 0 Å². The first-order valence-electron chi connectivity index (χ1n) is 4.07. The molecule has 1 aromatic rings. The van der Waals surface area contributed by atoms with E-state index < -0.39 is 0 Å². The van der Waals surface area contributed by atoms with Crippen molar-refractivity contribution in [2.45, 2.75) is 6.92 Å². The summed E-state index contributed by atoms with van der Waals surface area (Å²) in [5.74, 6) is 0. The van der Waals surface area contributed by atoms with Gasteiger partial charge in [-0.15, -0.1) is 0 Å². The lowest BCUT2D eigenvalue weighted by molar-refractivity contribution is 1.16. The first-order chi connectivity index (χ1) is 5.79. The van der Waals surface area contributed by atoms with Gasteiger partial charge in [0.2, 0.25) is 0 Å². The minimum atomic E-state index is 0.864. The van der Waals surface area contributed by atoms with E-state index in [4.69, 9.17) is 5.73 Å². The lowest BCUT2D eigenvalue weighted by atomic mass is 10.0. The van der Waals surface area contributed by atoms with E-state index in [9.17, 15) is 0 Å². The molecule has 0 aromatic heterocycles. The largest absolute Gasteiger partial charge is 0.398 e.